The Kier molecular flexibility index (Phi) is 3.52. The van der Waals surface area contributed by atoms with Gasteiger partial charge in [-0.2, -0.15) is 0 Å². The molecule has 1 aliphatic carbocycles. The van der Waals surface area contributed by atoms with Gasteiger partial charge in [0.2, 0.25) is 0 Å². The number of para-hydroxylation sites is 1. The molecule has 1 atom stereocenters. The number of hydrogen-bond donors (Lipinski definition) is 1. The van der Waals surface area contributed by atoms with Gasteiger partial charge in [-0.15, -0.1) is 0 Å². The molecule has 1 N–H and O–H groups in total. The van der Waals surface area contributed by atoms with Gasteiger partial charge in [0, 0.05) is 5.69 Å². The van der Waals surface area contributed by atoms with Gasteiger partial charge in [-0.25, -0.2) is 0 Å². The maximum atomic E-state index is 3.80. The van der Waals surface area contributed by atoms with E-state index in [0.29, 0.717) is 6.04 Å². The molecule has 0 bridgehead atoms. The molecule has 0 amide bonds. The summed E-state index contributed by atoms with van der Waals surface area (Å²) in [6.45, 7) is 9.01. The Hall–Kier alpha value is -1.76. The summed E-state index contributed by atoms with van der Waals surface area (Å²) in [6.07, 6.45) is 2.38. The molecule has 1 aliphatic rings. The third-order valence-electron chi connectivity index (χ3n) is 4.44. The number of aryl methyl sites for hydroxylation is 2. The van der Waals surface area contributed by atoms with Gasteiger partial charge < -0.3 is 5.32 Å². The Morgan fingerprint density at radius 3 is 2.57 bits per heavy atom. The minimum absolute atomic E-state index is 0.164. The first-order valence-electron chi connectivity index (χ1n) is 7.90. The Morgan fingerprint density at radius 1 is 1.05 bits per heavy atom. The number of hydrogen-bond acceptors (Lipinski definition) is 1. The average molecular weight is 279 g/mol. The van der Waals surface area contributed by atoms with E-state index in [9.17, 15) is 0 Å². The highest BCUT2D eigenvalue weighted by atomic mass is 14.9. The summed E-state index contributed by atoms with van der Waals surface area (Å²) in [5.74, 6) is 0. The highest BCUT2D eigenvalue weighted by Gasteiger charge is 2.24. The summed E-state index contributed by atoms with van der Waals surface area (Å²) < 4.78 is 0. The average Bonchev–Trinajstić information content (AvgIpc) is 2.81. The maximum absolute atomic E-state index is 3.80. The van der Waals surface area contributed by atoms with E-state index in [-0.39, 0.29) is 5.41 Å². The lowest BCUT2D eigenvalue weighted by atomic mass is 9.85. The van der Waals surface area contributed by atoms with Gasteiger partial charge in [-0.1, -0.05) is 62.7 Å². The molecule has 0 fully saturated rings. The normalized spacial score (nSPS) is 17.6. The fraction of sp³-hybridized carbons (Fsp3) is 0.400. The van der Waals surface area contributed by atoms with Crippen LogP contribution < -0.4 is 5.32 Å². The van der Waals surface area contributed by atoms with Crippen molar-refractivity contribution in [2.75, 3.05) is 5.32 Å². The molecule has 0 spiro atoms. The van der Waals surface area contributed by atoms with Crippen molar-refractivity contribution in [3.8, 4) is 0 Å². The molecule has 0 saturated carbocycles. The van der Waals surface area contributed by atoms with Crippen LogP contribution in [0.1, 0.15) is 55.5 Å². The fourth-order valence-corrected chi connectivity index (χ4v) is 3.32. The maximum Gasteiger partial charge on any atom is 0.0519 e. The first-order valence-corrected chi connectivity index (χ1v) is 7.90. The quantitative estimate of drug-likeness (QED) is 0.777. The second kappa shape index (κ2) is 5.22. The lowest BCUT2D eigenvalue weighted by Gasteiger charge is -2.26. The van der Waals surface area contributed by atoms with E-state index in [0.717, 1.165) is 0 Å². The number of nitrogens with one attached hydrogen (secondary N) is 1. The van der Waals surface area contributed by atoms with Crippen molar-refractivity contribution in [2.45, 2.75) is 52.0 Å². The van der Waals surface area contributed by atoms with Crippen LogP contribution in [0.3, 0.4) is 0 Å². The van der Waals surface area contributed by atoms with E-state index in [1.165, 1.54) is 40.8 Å². The molecule has 2 aromatic carbocycles. The largest absolute Gasteiger partial charge is 0.378 e. The number of benzene rings is 2. The zero-order valence-electron chi connectivity index (χ0n) is 13.5. The van der Waals surface area contributed by atoms with E-state index in [1.54, 1.807) is 0 Å². The van der Waals surface area contributed by atoms with Crippen LogP contribution >= 0.6 is 0 Å². The van der Waals surface area contributed by atoms with Crippen molar-refractivity contribution in [3.63, 3.8) is 0 Å². The van der Waals surface area contributed by atoms with Gasteiger partial charge in [0.25, 0.3) is 0 Å². The summed E-state index contributed by atoms with van der Waals surface area (Å²) in [5.41, 5.74) is 7.18. The van der Waals surface area contributed by atoms with Crippen LogP contribution in [0.4, 0.5) is 5.69 Å². The molecule has 1 heteroatoms. The summed E-state index contributed by atoms with van der Waals surface area (Å²) >= 11 is 0. The van der Waals surface area contributed by atoms with Crippen LogP contribution in [0.5, 0.6) is 0 Å². The number of anilines is 1. The second-order valence-electron chi connectivity index (χ2n) is 7.23. The summed E-state index contributed by atoms with van der Waals surface area (Å²) in [6, 6.07) is 16.0. The third kappa shape index (κ3) is 2.83. The molecule has 110 valence electrons. The van der Waals surface area contributed by atoms with Crippen LogP contribution in [0, 0.1) is 6.92 Å². The monoisotopic (exact) mass is 279 g/mol. The predicted octanol–water partition coefficient (Wildman–Crippen LogP) is 5.39. The zero-order valence-corrected chi connectivity index (χ0v) is 13.5. The molecule has 0 saturated heterocycles. The Labute approximate surface area is 128 Å². The van der Waals surface area contributed by atoms with E-state index >= 15 is 0 Å². The summed E-state index contributed by atoms with van der Waals surface area (Å²) in [7, 11) is 0. The topological polar surface area (TPSA) is 12.0 Å². The number of fused-ring (bicyclic) bond motifs is 1. The van der Waals surface area contributed by atoms with Crippen LogP contribution in [-0.2, 0) is 11.8 Å². The van der Waals surface area contributed by atoms with Gasteiger partial charge in [-0.05, 0) is 47.9 Å². The van der Waals surface area contributed by atoms with Crippen molar-refractivity contribution in [3.05, 3.63) is 64.7 Å². The Bertz CT molecular complexity index is 649. The van der Waals surface area contributed by atoms with Crippen molar-refractivity contribution >= 4 is 5.69 Å². The van der Waals surface area contributed by atoms with Crippen molar-refractivity contribution in [1.29, 1.82) is 0 Å². The molecule has 0 heterocycles. The first kappa shape index (κ1) is 14.2. The van der Waals surface area contributed by atoms with E-state index < -0.39 is 0 Å². The lowest BCUT2D eigenvalue weighted by Crippen LogP contribution is -2.16. The number of rotatable bonds is 2. The molecule has 1 nitrogen and oxygen atoms in total. The molecular formula is C20H25N. The van der Waals surface area contributed by atoms with Crippen LogP contribution in [0.25, 0.3) is 0 Å². The van der Waals surface area contributed by atoms with Crippen molar-refractivity contribution in [2.24, 2.45) is 0 Å². The third-order valence-corrected chi connectivity index (χ3v) is 4.44. The van der Waals surface area contributed by atoms with Gasteiger partial charge >= 0.3 is 0 Å². The van der Waals surface area contributed by atoms with Crippen LogP contribution in [0.2, 0.25) is 0 Å². The minimum atomic E-state index is 0.164. The summed E-state index contributed by atoms with van der Waals surface area (Å²) in [5, 5.41) is 3.80. The Morgan fingerprint density at radius 2 is 1.81 bits per heavy atom. The molecule has 1 unspecified atom stereocenters. The predicted molar refractivity (Wildman–Crippen MR) is 91.0 cm³/mol. The molecule has 0 radical (unpaired) electrons. The fourth-order valence-electron chi connectivity index (χ4n) is 3.32. The van der Waals surface area contributed by atoms with Gasteiger partial charge in [0.15, 0.2) is 0 Å². The molecular weight excluding hydrogens is 254 g/mol. The lowest BCUT2D eigenvalue weighted by molar-refractivity contribution is 0.590. The standard InChI is InChI=1S/C20H25N/c1-14-9-10-15-11-12-18(16(15)13-14)21-19-8-6-5-7-17(19)20(2,3)4/h5-10,13,18,21H,11-12H2,1-4H3. The zero-order chi connectivity index (χ0) is 15.0. The smallest absolute Gasteiger partial charge is 0.0519 e. The SMILES string of the molecule is Cc1ccc2c(c1)C(Nc1ccccc1C(C)(C)C)CC2. The van der Waals surface area contributed by atoms with E-state index in [4.69, 9.17) is 0 Å². The van der Waals surface area contributed by atoms with E-state index in [2.05, 4.69) is 75.5 Å². The second-order valence-corrected chi connectivity index (χ2v) is 7.23. The van der Waals surface area contributed by atoms with E-state index in [1.807, 2.05) is 0 Å². The van der Waals surface area contributed by atoms with Crippen molar-refractivity contribution < 1.29 is 0 Å². The molecule has 2 aromatic rings. The molecule has 3 rings (SSSR count). The first-order chi connectivity index (χ1) is 9.95. The summed E-state index contributed by atoms with van der Waals surface area (Å²) in [4.78, 5) is 0. The van der Waals surface area contributed by atoms with Crippen LogP contribution in [0.15, 0.2) is 42.5 Å². The Balaban J connectivity index is 1.92. The van der Waals surface area contributed by atoms with Gasteiger partial charge in [0.1, 0.15) is 0 Å². The highest BCUT2D eigenvalue weighted by Crippen LogP contribution is 2.37. The molecule has 0 aliphatic heterocycles. The molecule has 21 heavy (non-hydrogen) atoms. The molecule has 0 aromatic heterocycles. The van der Waals surface area contributed by atoms with Crippen molar-refractivity contribution in [1.82, 2.24) is 0 Å². The van der Waals surface area contributed by atoms with Gasteiger partial charge in [0.05, 0.1) is 6.04 Å². The van der Waals surface area contributed by atoms with Gasteiger partial charge in [-0.3, -0.25) is 0 Å². The van der Waals surface area contributed by atoms with Crippen LogP contribution in [-0.4, -0.2) is 0 Å². The minimum Gasteiger partial charge on any atom is -0.378 e. The highest BCUT2D eigenvalue weighted by molar-refractivity contribution is 5.56.